The first-order valence-corrected chi connectivity index (χ1v) is 8.67. The molecule has 0 fully saturated rings. The second-order valence-electron chi connectivity index (χ2n) is 5.41. The molecule has 8 heteroatoms. The topological polar surface area (TPSA) is 64.9 Å². The Morgan fingerprint density at radius 1 is 1.29 bits per heavy atom. The van der Waals surface area contributed by atoms with Crippen LogP contribution < -0.4 is 20.3 Å². The fourth-order valence-corrected chi connectivity index (χ4v) is 3.69. The fourth-order valence-electron chi connectivity index (χ4n) is 2.58. The van der Waals surface area contributed by atoms with E-state index in [1.54, 1.807) is 16.5 Å². The lowest BCUT2D eigenvalue weighted by Crippen LogP contribution is -2.17. The number of hydrogen-bond acceptors (Lipinski definition) is 6. The summed E-state index contributed by atoms with van der Waals surface area (Å²) in [7, 11) is 0. The average molecular weight is 364 g/mol. The number of aryl methyl sites for hydroxylation is 1. The van der Waals surface area contributed by atoms with Crippen molar-refractivity contribution in [3.8, 4) is 11.5 Å². The van der Waals surface area contributed by atoms with Gasteiger partial charge >= 0.3 is 0 Å². The van der Waals surface area contributed by atoms with Crippen LogP contribution in [0.4, 0.5) is 5.69 Å². The van der Waals surface area contributed by atoms with E-state index in [9.17, 15) is 4.79 Å². The number of nitrogens with one attached hydrogen (secondary N) is 1. The van der Waals surface area contributed by atoms with Gasteiger partial charge in [-0.15, -0.1) is 11.3 Å². The number of ether oxygens (including phenoxy) is 2. The van der Waals surface area contributed by atoms with Crippen LogP contribution in [0.5, 0.6) is 11.5 Å². The van der Waals surface area contributed by atoms with E-state index in [2.05, 4.69) is 10.3 Å². The molecule has 1 aliphatic rings. The Morgan fingerprint density at radius 3 is 2.83 bits per heavy atom. The summed E-state index contributed by atoms with van der Waals surface area (Å²) in [6, 6.07) is 5.07. The first-order chi connectivity index (χ1) is 11.6. The van der Waals surface area contributed by atoms with Crippen molar-refractivity contribution in [2.75, 3.05) is 18.5 Å². The molecule has 4 rings (SSSR count). The highest BCUT2D eigenvalue weighted by atomic mass is 35.5. The number of anilines is 1. The molecule has 0 atom stereocenters. The zero-order chi connectivity index (χ0) is 16.7. The molecule has 3 aromatic rings. The SMILES string of the molecule is Cc1csc2nc(CNc3cc4c(cc3Cl)OCCO4)cc(=O)n12. The summed E-state index contributed by atoms with van der Waals surface area (Å²) in [5, 5.41) is 5.65. The van der Waals surface area contributed by atoms with Crippen molar-refractivity contribution in [1.82, 2.24) is 9.38 Å². The predicted molar refractivity (Wildman–Crippen MR) is 93.8 cm³/mol. The molecule has 6 nitrogen and oxygen atoms in total. The van der Waals surface area contributed by atoms with Crippen LogP contribution in [0, 0.1) is 6.92 Å². The maximum absolute atomic E-state index is 12.2. The van der Waals surface area contributed by atoms with E-state index < -0.39 is 0 Å². The van der Waals surface area contributed by atoms with Crippen LogP contribution in [0.1, 0.15) is 11.4 Å². The van der Waals surface area contributed by atoms with Gasteiger partial charge in [-0.05, 0) is 6.92 Å². The van der Waals surface area contributed by atoms with Gasteiger partial charge in [0.15, 0.2) is 16.5 Å². The predicted octanol–water partition coefficient (Wildman–Crippen LogP) is 3.10. The number of nitrogens with zero attached hydrogens (tertiary/aromatic N) is 2. The number of rotatable bonds is 3. The van der Waals surface area contributed by atoms with Crippen LogP contribution in [-0.2, 0) is 6.54 Å². The van der Waals surface area contributed by atoms with E-state index >= 15 is 0 Å². The lowest BCUT2D eigenvalue weighted by atomic mass is 10.2. The summed E-state index contributed by atoms with van der Waals surface area (Å²) in [6.07, 6.45) is 0. The zero-order valence-electron chi connectivity index (χ0n) is 12.8. The standard InChI is InChI=1S/C16H14ClN3O3S/c1-9-8-24-16-19-10(4-15(21)20(9)16)7-18-12-6-14-13(5-11(12)17)22-2-3-23-14/h4-6,8,18H,2-3,7H2,1H3. The molecule has 0 bridgehead atoms. The third-order valence-corrected chi connectivity index (χ3v) is 4.98. The van der Waals surface area contributed by atoms with Gasteiger partial charge in [0.25, 0.3) is 5.56 Å². The van der Waals surface area contributed by atoms with Gasteiger partial charge in [0.1, 0.15) is 13.2 Å². The average Bonchev–Trinajstić information content (AvgIpc) is 2.94. The third kappa shape index (κ3) is 2.70. The van der Waals surface area contributed by atoms with Crippen molar-refractivity contribution in [2.24, 2.45) is 0 Å². The maximum Gasteiger partial charge on any atom is 0.259 e. The molecule has 3 heterocycles. The van der Waals surface area contributed by atoms with E-state index in [-0.39, 0.29) is 5.56 Å². The highest BCUT2D eigenvalue weighted by molar-refractivity contribution is 7.15. The molecule has 1 N–H and O–H groups in total. The highest BCUT2D eigenvalue weighted by Gasteiger charge is 2.15. The van der Waals surface area contributed by atoms with Gasteiger partial charge in [-0.2, -0.15) is 0 Å². The second kappa shape index (κ2) is 5.99. The zero-order valence-corrected chi connectivity index (χ0v) is 14.4. The Labute approximate surface area is 146 Å². The maximum atomic E-state index is 12.2. The number of thiazole rings is 1. The van der Waals surface area contributed by atoms with E-state index in [4.69, 9.17) is 21.1 Å². The molecule has 0 saturated heterocycles. The fraction of sp³-hybridized carbons (Fsp3) is 0.250. The second-order valence-corrected chi connectivity index (χ2v) is 6.65. The summed E-state index contributed by atoms with van der Waals surface area (Å²) in [5.74, 6) is 1.30. The number of aromatic nitrogens is 2. The van der Waals surface area contributed by atoms with Crippen LogP contribution in [-0.4, -0.2) is 22.6 Å². The largest absolute Gasteiger partial charge is 0.486 e. The molecule has 0 unspecified atom stereocenters. The van der Waals surface area contributed by atoms with Gasteiger partial charge in [0.2, 0.25) is 0 Å². The van der Waals surface area contributed by atoms with Gasteiger partial charge in [0, 0.05) is 29.3 Å². The monoisotopic (exact) mass is 363 g/mol. The molecular formula is C16H14ClN3O3S. The number of fused-ring (bicyclic) bond motifs is 2. The van der Waals surface area contributed by atoms with Crippen LogP contribution >= 0.6 is 22.9 Å². The number of benzene rings is 1. The first kappa shape index (κ1) is 15.3. The van der Waals surface area contributed by atoms with Crippen molar-refractivity contribution in [3.63, 3.8) is 0 Å². The van der Waals surface area contributed by atoms with Crippen LogP contribution in [0.15, 0.2) is 28.4 Å². The smallest absolute Gasteiger partial charge is 0.259 e. The van der Waals surface area contributed by atoms with E-state index in [0.29, 0.717) is 52.6 Å². The minimum absolute atomic E-state index is 0.0798. The van der Waals surface area contributed by atoms with E-state index in [0.717, 1.165) is 5.69 Å². The quantitative estimate of drug-likeness (QED) is 0.774. The van der Waals surface area contributed by atoms with Gasteiger partial charge in [-0.1, -0.05) is 11.6 Å². The molecule has 0 spiro atoms. The molecule has 0 saturated carbocycles. The summed E-state index contributed by atoms with van der Waals surface area (Å²) in [4.78, 5) is 17.4. The van der Waals surface area contributed by atoms with Crippen LogP contribution in [0.2, 0.25) is 5.02 Å². The third-order valence-electron chi connectivity index (χ3n) is 3.72. The molecule has 124 valence electrons. The normalized spacial score (nSPS) is 13.2. The Kier molecular flexibility index (Phi) is 3.82. The molecule has 24 heavy (non-hydrogen) atoms. The first-order valence-electron chi connectivity index (χ1n) is 7.41. The Hall–Kier alpha value is -2.25. The van der Waals surface area contributed by atoms with Crippen LogP contribution in [0.3, 0.4) is 0 Å². The molecule has 0 aliphatic carbocycles. The molecule has 0 radical (unpaired) electrons. The van der Waals surface area contributed by atoms with Crippen molar-refractivity contribution in [1.29, 1.82) is 0 Å². The Bertz CT molecular complexity index is 983. The van der Waals surface area contributed by atoms with Crippen LogP contribution in [0.25, 0.3) is 4.96 Å². The van der Waals surface area contributed by atoms with E-state index in [1.807, 2.05) is 12.3 Å². The molecule has 2 aromatic heterocycles. The molecule has 1 aliphatic heterocycles. The lowest BCUT2D eigenvalue weighted by molar-refractivity contribution is 0.171. The van der Waals surface area contributed by atoms with Gasteiger partial charge < -0.3 is 14.8 Å². The Morgan fingerprint density at radius 2 is 2.04 bits per heavy atom. The van der Waals surface area contributed by atoms with Crippen molar-refractivity contribution < 1.29 is 9.47 Å². The minimum Gasteiger partial charge on any atom is -0.486 e. The van der Waals surface area contributed by atoms with Crippen molar-refractivity contribution >= 4 is 33.6 Å². The summed E-state index contributed by atoms with van der Waals surface area (Å²) in [5.41, 5.74) is 2.18. The number of hydrogen-bond donors (Lipinski definition) is 1. The lowest BCUT2D eigenvalue weighted by Gasteiger charge is -2.20. The molecular weight excluding hydrogens is 350 g/mol. The van der Waals surface area contributed by atoms with Gasteiger partial charge in [0.05, 0.1) is 22.9 Å². The van der Waals surface area contributed by atoms with Crippen molar-refractivity contribution in [2.45, 2.75) is 13.5 Å². The Balaban J connectivity index is 1.60. The molecule has 0 amide bonds. The summed E-state index contributed by atoms with van der Waals surface area (Å²) < 4.78 is 12.7. The highest BCUT2D eigenvalue weighted by Crippen LogP contribution is 2.38. The molecule has 1 aromatic carbocycles. The van der Waals surface area contributed by atoms with Gasteiger partial charge in [-0.3, -0.25) is 9.20 Å². The number of halogens is 1. The van der Waals surface area contributed by atoms with Gasteiger partial charge in [-0.25, -0.2) is 4.98 Å². The minimum atomic E-state index is -0.0798. The van der Waals surface area contributed by atoms with E-state index in [1.165, 1.54) is 17.4 Å². The van der Waals surface area contributed by atoms with Crippen molar-refractivity contribution in [3.05, 3.63) is 50.3 Å². The summed E-state index contributed by atoms with van der Waals surface area (Å²) in [6.45, 7) is 3.31. The summed E-state index contributed by atoms with van der Waals surface area (Å²) >= 11 is 7.72.